The van der Waals surface area contributed by atoms with Crippen molar-refractivity contribution in [1.82, 2.24) is 5.32 Å². The largest absolute Gasteiger partial charge is 0.349 e. The summed E-state index contributed by atoms with van der Waals surface area (Å²) in [6.45, 7) is 2.58. The first-order chi connectivity index (χ1) is 6.12. The van der Waals surface area contributed by atoms with Crippen molar-refractivity contribution < 1.29 is 4.79 Å². The van der Waals surface area contributed by atoms with Crippen LogP contribution in [0.5, 0.6) is 0 Å². The van der Waals surface area contributed by atoms with E-state index in [1.165, 1.54) is 12.8 Å². The van der Waals surface area contributed by atoms with Crippen LogP contribution in [-0.4, -0.2) is 30.0 Å². The Hall–Kier alpha value is -0.220. The molecular formula is C9H18N2OS. The lowest BCUT2D eigenvalue weighted by Gasteiger charge is -2.29. The summed E-state index contributed by atoms with van der Waals surface area (Å²) in [7, 11) is 0. The van der Waals surface area contributed by atoms with Gasteiger partial charge in [-0.3, -0.25) is 4.79 Å². The van der Waals surface area contributed by atoms with Gasteiger partial charge in [-0.25, -0.2) is 0 Å². The predicted molar refractivity (Wildman–Crippen MR) is 56.7 cm³/mol. The zero-order chi connectivity index (χ0) is 9.90. The first-order valence-electron chi connectivity index (χ1n) is 4.62. The highest BCUT2D eigenvalue weighted by atomic mass is 32.2. The summed E-state index contributed by atoms with van der Waals surface area (Å²) in [5.74, 6) is 1.23. The van der Waals surface area contributed by atoms with E-state index in [0.29, 0.717) is 18.2 Å². The number of hydrogen-bond acceptors (Lipinski definition) is 3. The number of hydrogen-bond donors (Lipinski definition) is 2. The fourth-order valence-electron chi connectivity index (χ4n) is 1.53. The Morgan fingerprint density at radius 2 is 2.31 bits per heavy atom. The summed E-state index contributed by atoms with van der Waals surface area (Å²) >= 11 is 1.54. The zero-order valence-electron chi connectivity index (χ0n) is 8.30. The molecular weight excluding hydrogens is 184 g/mol. The molecule has 1 fully saturated rings. The fourth-order valence-corrected chi connectivity index (χ4v) is 1.86. The third kappa shape index (κ3) is 2.88. The first kappa shape index (κ1) is 10.9. The maximum atomic E-state index is 11.4. The molecule has 1 saturated carbocycles. The second kappa shape index (κ2) is 4.33. The number of rotatable bonds is 5. The topological polar surface area (TPSA) is 55.1 Å². The Morgan fingerprint density at radius 3 is 2.69 bits per heavy atom. The number of amides is 1. The molecule has 1 rings (SSSR count). The smallest absolute Gasteiger partial charge is 0.230 e. The van der Waals surface area contributed by atoms with Crippen LogP contribution in [0.2, 0.25) is 0 Å². The highest BCUT2D eigenvalue weighted by molar-refractivity contribution is 7.99. The summed E-state index contributed by atoms with van der Waals surface area (Å²) in [5, 5.41) is 3.02. The van der Waals surface area contributed by atoms with Gasteiger partial charge in [0.15, 0.2) is 0 Å². The molecule has 1 atom stereocenters. The van der Waals surface area contributed by atoms with E-state index in [1.807, 2.05) is 13.2 Å². The number of nitrogens with two attached hydrogens (primary N) is 1. The molecule has 0 radical (unpaired) electrons. The van der Waals surface area contributed by atoms with Crippen molar-refractivity contribution >= 4 is 17.7 Å². The van der Waals surface area contributed by atoms with Gasteiger partial charge < -0.3 is 11.1 Å². The average Bonchev–Trinajstić information content (AvgIpc) is 2.86. The van der Waals surface area contributed by atoms with Gasteiger partial charge in [0, 0.05) is 6.54 Å². The molecule has 0 aromatic heterocycles. The second-order valence-electron chi connectivity index (χ2n) is 3.88. The molecule has 0 heterocycles. The van der Waals surface area contributed by atoms with Gasteiger partial charge in [-0.1, -0.05) is 0 Å². The van der Waals surface area contributed by atoms with Crippen LogP contribution < -0.4 is 11.1 Å². The van der Waals surface area contributed by atoms with Gasteiger partial charge >= 0.3 is 0 Å². The molecule has 0 saturated heterocycles. The van der Waals surface area contributed by atoms with Crippen LogP contribution in [0.1, 0.15) is 19.8 Å². The van der Waals surface area contributed by atoms with Crippen molar-refractivity contribution in [2.75, 3.05) is 18.6 Å². The highest BCUT2D eigenvalue weighted by Gasteiger charge is 2.41. The normalized spacial score (nSPS) is 20.8. The second-order valence-corrected chi connectivity index (χ2v) is 4.74. The quantitative estimate of drug-likeness (QED) is 0.686. The van der Waals surface area contributed by atoms with Crippen molar-refractivity contribution in [3.63, 3.8) is 0 Å². The van der Waals surface area contributed by atoms with Crippen LogP contribution >= 0.6 is 11.8 Å². The monoisotopic (exact) mass is 202 g/mol. The third-order valence-corrected chi connectivity index (χ3v) is 3.15. The molecule has 3 N–H and O–H groups in total. The molecule has 0 aliphatic heterocycles. The van der Waals surface area contributed by atoms with E-state index in [9.17, 15) is 4.79 Å². The van der Waals surface area contributed by atoms with E-state index in [-0.39, 0.29) is 11.4 Å². The van der Waals surface area contributed by atoms with Gasteiger partial charge in [-0.15, -0.1) is 0 Å². The Bertz CT molecular complexity index is 194. The van der Waals surface area contributed by atoms with E-state index >= 15 is 0 Å². The lowest BCUT2D eigenvalue weighted by molar-refractivity contribution is -0.120. The molecule has 4 heteroatoms. The Kier molecular flexibility index (Phi) is 3.62. The van der Waals surface area contributed by atoms with Crippen molar-refractivity contribution in [1.29, 1.82) is 0 Å². The number of carbonyl (C=O) groups is 1. The van der Waals surface area contributed by atoms with E-state index in [4.69, 9.17) is 5.73 Å². The van der Waals surface area contributed by atoms with Gasteiger partial charge in [-0.2, -0.15) is 11.8 Å². The Labute approximate surface area is 83.8 Å². The average molecular weight is 202 g/mol. The van der Waals surface area contributed by atoms with E-state index < -0.39 is 0 Å². The number of carbonyl (C=O) groups excluding carboxylic acids is 1. The van der Waals surface area contributed by atoms with Gasteiger partial charge in [0.25, 0.3) is 0 Å². The molecule has 76 valence electrons. The van der Waals surface area contributed by atoms with Crippen LogP contribution in [-0.2, 0) is 4.79 Å². The third-order valence-electron chi connectivity index (χ3n) is 2.60. The van der Waals surface area contributed by atoms with Crippen molar-refractivity contribution in [2.45, 2.75) is 25.3 Å². The molecule has 0 aromatic rings. The molecule has 1 aliphatic rings. The lowest BCUT2D eigenvalue weighted by atomic mass is 9.96. The maximum Gasteiger partial charge on any atom is 0.230 e. The standard InChI is InChI=1S/C9H18N2OS/c1-9(6-10,7-3-4-7)11-8(12)5-13-2/h7H,3-6,10H2,1-2H3,(H,11,12). The van der Waals surface area contributed by atoms with E-state index in [1.54, 1.807) is 11.8 Å². The van der Waals surface area contributed by atoms with Crippen LogP contribution in [0.4, 0.5) is 0 Å². The predicted octanol–water partition coefficient (Wildman–Crippen LogP) is 0.593. The van der Waals surface area contributed by atoms with Crippen LogP contribution in [0.25, 0.3) is 0 Å². The van der Waals surface area contributed by atoms with Gasteiger partial charge in [0.1, 0.15) is 0 Å². The van der Waals surface area contributed by atoms with Crippen molar-refractivity contribution in [3.05, 3.63) is 0 Å². The minimum Gasteiger partial charge on any atom is -0.349 e. The van der Waals surface area contributed by atoms with E-state index in [0.717, 1.165) is 0 Å². The van der Waals surface area contributed by atoms with Crippen molar-refractivity contribution in [2.24, 2.45) is 11.7 Å². The summed E-state index contributed by atoms with van der Waals surface area (Å²) < 4.78 is 0. The Morgan fingerprint density at radius 1 is 1.69 bits per heavy atom. The van der Waals surface area contributed by atoms with Gasteiger partial charge in [0.05, 0.1) is 11.3 Å². The molecule has 3 nitrogen and oxygen atoms in total. The van der Waals surface area contributed by atoms with Crippen molar-refractivity contribution in [3.8, 4) is 0 Å². The minimum atomic E-state index is -0.160. The summed E-state index contributed by atoms with van der Waals surface area (Å²) in [6, 6.07) is 0. The summed E-state index contributed by atoms with van der Waals surface area (Å²) in [4.78, 5) is 11.4. The fraction of sp³-hybridized carbons (Fsp3) is 0.889. The molecule has 1 amide bonds. The maximum absolute atomic E-state index is 11.4. The molecule has 0 spiro atoms. The first-order valence-corrected chi connectivity index (χ1v) is 6.02. The summed E-state index contributed by atoms with van der Waals surface area (Å²) in [6.07, 6.45) is 4.33. The van der Waals surface area contributed by atoms with E-state index in [2.05, 4.69) is 5.32 Å². The molecule has 1 aliphatic carbocycles. The van der Waals surface area contributed by atoms with Gasteiger partial charge in [-0.05, 0) is 31.9 Å². The highest BCUT2D eigenvalue weighted by Crippen LogP contribution is 2.38. The summed E-state index contributed by atoms with van der Waals surface area (Å²) in [5.41, 5.74) is 5.51. The van der Waals surface area contributed by atoms with Crippen LogP contribution in [0, 0.1) is 5.92 Å². The number of thioether (sulfide) groups is 1. The lowest BCUT2D eigenvalue weighted by Crippen LogP contribution is -2.53. The molecule has 0 aromatic carbocycles. The van der Waals surface area contributed by atoms with Crippen LogP contribution in [0.3, 0.4) is 0 Å². The molecule has 1 unspecified atom stereocenters. The zero-order valence-corrected chi connectivity index (χ0v) is 9.12. The number of nitrogens with one attached hydrogen (secondary N) is 1. The molecule has 13 heavy (non-hydrogen) atoms. The van der Waals surface area contributed by atoms with Crippen LogP contribution in [0.15, 0.2) is 0 Å². The minimum absolute atomic E-state index is 0.104. The molecule has 0 bridgehead atoms. The SMILES string of the molecule is CSCC(=O)NC(C)(CN)C1CC1. The van der Waals surface area contributed by atoms with Gasteiger partial charge in [0.2, 0.25) is 5.91 Å². The Balaban J connectivity index is 2.42.